The predicted molar refractivity (Wildman–Crippen MR) is 6.08 cm³/mol. The first-order chi connectivity index (χ1) is 1.00. The minimum Gasteiger partial charge on any atom is -1.00 e. The van der Waals surface area contributed by atoms with Crippen molar-refractivity contribution in [2.45, 2.75) is 0 Å². The van der Waals surface area contributed by atoms with E-state index in [9.17, 15) is 0 Å². The Morgan fingerprint density at radius 1 is 1.50 bits per heavy atom. The SMILES string of the molecule is [C-]#N.[Cr].[H-].[K+]. The largest absolute Gasteiger partial charge is 1.00 e. The van der Waals surface area contributed by atoms with Crippen LogP contribution in [0.25, 0.3) is 0 Å². The van der Waals surface area contributed by atoms with Crippen LogP contribution < -0.4 is 51.4 Å². The summed E-state index contributed by atoms with van der Waals surface area (Å²) in [7, 11) is 0. The third-order valence-corrected chi connectivity index (χ3v) is 0. The van der Waals surface area contributed by atoms with Crippen LogP contribution in [0.4, 0.5) is 0 Å². The smallest absolute Gasteiger partial charge is 1.00 e. The zero-order valence-electron chi connectivity index (χ0n) is 3.36. The molecule has 0 bridgehead atoms. The monoisotopic (exact) mass is 118 g/mol. The van der Waals surface area contributed by atoms with Gasteiger partial charge in [-0.15, -0.1) is 0 Å². The van der Waals surface area contributed by atoms with Gasteiger partial charge in [0.1, 0.15) is 0 Å². The van der Waals surface area contributed by atoms with Crippen molar-refractivity contribution in [3.8, 4) is 0 Å². The number of hydrogen-bond acceptors (Lipinski definition) is 1. The first kappa shape index (κ1) is 17.4. The Labute approximate surface area is 80.4 Å². The van der Waals surface area contributed by atoms with Crippen LogP contribution in [0.5, 0.6) is 0 Å². The summed E-state index contributed by atoms with van der Waals surface area (Å²) in [6.45, 7) is 4.75. The van der Waals surface area contributed by atoms with Gasteiger partial charge in [0.2, 0.25) is 0 Å². The third kappa shape index (κ3) is 9.40. The summed E-state index contributed by atoms with van der Waals surface area (Å²) in [5.41, 5.74) is 0. The molecule has 0 saturated heterocycles. The molecule has 0 fully saturated rings. The molecular weight excluding hydrogens is 117 g/mol. The summed E-state index contributed by atoms with van der Waals surface area (Å²) in [4.78, 5) is 0. The second kappa shape index (κ2) is 22.7. The van der Waals surface area contributed by atoms with Crippen molar-refractivity contribution in [3.63, 3.8) is 0 Å². The number of rotatable bonds is 0. The van der Waals surface area contributed by atoms with Crippen molar-refractivity contribution >= 4 is 0 Å². The molecule has 0 aliphatic rings. The molecule has 0 unspecified atom stereocenters. The van der Waals surface area contributed by atoms with Gasteiger partial charge >= 0.3 is 51.4 Å². The molecule has 0 atom stereocenters. The van der Waals surface area contributed by atoms with E-state index < -0.39 is 0 Å². The van der Waals surface area contributed by atoms with Crippen molar-refractivity contribution < 1.29 is 70.2 Å². The molecule has 1 nitrogen and oxygen atoms in total. The number of nitrogens with zero attached hydrogens (tertiary/aromatic N) is 1. The van der Waals surface area contributed by atoms with Crippen LogP contribution in [0.1, 0.15) is 1.43 Å². The maximum atomic E-state index is 6.25. The van der Waals surface area contributed by atoms with Gasteiger partial charge in [0.05, 0.1) is 0 Å². The Balaban J connectivity index is -0.00000000167. The summed E-state index contributed by atoms with van der Waals surface area (Å²) in [5.74, 6) is 0. The van der Waals surface area contributed by atoms with Gasteiger partial charge in [-0.1, -0.05) is 0 Å². The van der Waals surface area contributed by atoms with Gasteiger partial charge in [-0.2, -0.15) is 0 Å². The zero-order valence-corrected chi connectivity index (χ0v) is 6.75. The fourth-order valence-corrected chi connectivity index (χ4v) is 0. The molecule has 18 valence electrons. The fraction of sp³-hybridized carbons (Fsp3) is 0. The topological polar surface area (TPSA) is 23.8 Å². The van der Waals surface area contributed by atoms with Crippen molar-refractivity contribution in [3.05, 3.63) is 6.57 Å². The van der Waals surface area contributed by atoms with E-state index in [0.29, 0.717) is 0 Å². The molecule has 0 spiro atoms. The molecule has 0 N–H and O–H groups in total. The van der Waals surface area contributed by atoms with Crippen LogP contribution in [0.15, 0.2) is 0 Å². The van der Waals surface area contributed by atoms with Crippen molar-refractivity contribution in [1.29, 1.82) is 5.26 Å². The van der Waals surface area contributed by atoms with Gasteiger partial charge in [-0.3, -0.25) is 0 Å². The minimum absolute atomic E-state index is 0. The minimum atomic E-state index is 0. The maximum Gasteiger partial charge on any atom is 1.00 e. The van der Waals surface area contributed by atoms with Crippen molar-refractivity contribution in [2.75, 3.05) is 0 Å². The van der Waals surface area contributed by atoms with Crippen molar-refractivity contribution in [1.82, 2.24) is 0 Å². The predicted octanol–water partition coefficient (Wildman–Crippen LogP) is -2.79. The van der Waals surface area contributed by atoms with Crippen LogP contribution in [-0.2, 0) is 17.4 Å². The molecule has 0 saturated carbocycles. The van der Waals surface area contributed by atoms with E-state index in [4.69, 9.17) is 11.8 Å². The van der Waals surface area contributed by atoms with E-state index in [2.05, 4.69) is 0 Å². The standard InChI is InChI=1S/CN.Cr.K.H/c1-2;;;/q-1;;+1;-1. The molecule has 0 radical (unpaired) electrons. The Hall–Kier alpha value is 1.66. The van der Waals surface area contributed by atoms with Crippen LogP contribution in [0, 0.1) is 11.8 Å². The van der Waals surface area contributed by atoms with Crippen LogP contribution in [-0.4, -0.2) is 0 Å². The van der Waals surface area contributed by atoms with Crippen LogP contribution >= 0.6 is 0 Å². The van der Waals surface area contributed by atoms with Crippen LogP contribution in [0.2, 0.25) is 0 Å². The molecule has 3 heteroatoms. The summed E-state index contributed by atoms with van der Waals surface area (Å²) in [5, 5.41) is 6.25. The second-order valence-electron chi connectivity index (χ2n) is 0. The number of hydrogen-bond donors (Lipinski definition) is 0. The summed E-state index contributed by atoms with van der Waals surface area (Å²) < 4.78 is 0. The average Bonchev–Trinajstić information content (AvgIpc) is 1.00. The van der Waals surface area contributed by atoms with Gasteiger partial charge in [0, 0.05) is 17.4 Å². The third-order valence-electron chi connectivity index (χ3n) is 0. The molecule has 4 heavy (non-hydrogen) atoms. The van der Waals surface area contributed by atoms with E-state index in [1.54, 1.807) is 0 Å². The molecule has 0 amide bonds. The molecule has 0 aromatic carbocycles. The normalized spacial score (nSPS) is 0.500. The molecule has 0 rings (SSSR count). The van der Waals surface area contributed by atoms with E-state index in [-0.39, 0.29) is 70.2 Å². The fourth-order valence-electron chi connectivity index (χ4n) is 0. The van der Waals surface area contributed by atoms with E-state index in [0.717, 1.165) is 0 Å². The quantitative estimate of drug-likeness (QED) is 0.249. The van der Waals surface area contributed by atoms with Gasteiger partial charge in [-0.25, -0.2) is 0 Å². The summed E-state index contributed by atoms with van der Waals surface area (Å²) in [6.07, 6.45) is 0. The zero-order chi connectivity index (χ0) is 2.00. The Morgan fingerprint density at radius 2 is 1.50 bits per heavy atom. The summed E-state index contributed by atoms with van der Waals surface area (Å²) >= 11 is 0. The first-order valence-corrected chi connectivity index (χ1v) is 0.224. The Kier molecular flexibility index (Phi) is 98.4. The van der Waals surface area contributed by atoms with Crippen LogP contribution in [0.3, 0.4) is 0 Å². The Morgan fingerprint density at radius 3 is 1.50 bits per heavy atom. The van der Waals surface area contributed by atoms with E-state index in [1.807, 2.05) is 0 Å². The Bertz CT molecular complexity index is 16.4. The molecule has 0 aliphatic heterocycles. The molecule has 0 aromatic rings. The van der Waals surface area contributed by atoms with Gasteiger partial charge in [0.25, 0.3) is 0 Å². The van der Waals surface area contributed by atoms with Gasteiger partial charge in [0.15, 0.2) is 0 Å². The second-order valence-corrected chi connectivity index (χ2v) is 0. The summed E-state index contributed by atoms with van der Waals surface area (Å²) in [6, 6.07) is 0. The molecular formula is CHCrKN-. The van der Waals surface area contributed by atoms with Gasteiger partial charge < -0.3 is 13.3 Å². The maximum absolute atomic E-state index is 6.25. The average molecular weight is 118 g/mol. The molecule has 0 aliphatic carbocycles. The first-order valence-electron chi connectivity index (χ1n) is 0.224. The molecule has 0 heterocycles. The van der Waals surface area contributed by atoms with E-state index in [1.165, 1.54) is 0 Å². The van der Waals surface area contributed by atoms with E-state index >= 15 is 0 Å². The van der Waals surface area contributed by atoms with Gasteiger partial charge in [-0.05, 0) is 0 Å². The molecule has 0 aromatic heterocycles. The van der Waals surface area contributed by atoms with Crippen molar-refractivity contribution in [2.24, 2.45) is 0 Å².